The highest BCUT2D eigenvalue weighted by Gasteiger charge is 2.29. The molecule has 1 aromatic carbocycles. The van der Waals surface area contributed by atoms with Crippen LogP contribution in [0.1, 0.15) is 81.5 Å². The molecule has 2 saturated heterocycles. The summed E-state index contributed by atoms with van der Waals surface area (Å²) in [6.45, 7) is 13.5. The molecule has 2 aromatic rings. The fourth-order valence-corrected chi connectivity index (χ4v) is 6.61. The molecule has 0 radical (unpaired) electrons. The van der Waals surface area contributed by atoms with Crippen LogP contribution in [0.25, 0.3) is 11.0 Å². The molecule has 216 valence electrons. The quantitative estimate of drug-likeness (QED) is 0.459. The van der Waals surface area contributed by atoms with E-state index in [0.717, 1.165) is 85.8 Å². The van der Waals surface area contributed by atoms with Gasteiger partial charge in [0.05, 0.1) is 18.0 Å². The van der Waals surface area contributed by atoms with Crippen molar-refractivity contribution in [2.75, 3.05) is 44.3 Å². The molecular formula is C32H44N4O4. The number of rotatable bonds is 9. The largest absolute Gasteiger partial charge is 0.460 e. The topological polar surface area (TPSA) is 87.4 Å². The molecule has 1 N–H and O–H groups in total. The smallest absolute Gasteiger partial charge is 0.254 e. The molecular weight excluding hydrogens is 504 g/mol. The van der Waals surface area contributed by atoms with Gasteiger partial charge in [-0.15, -0.1) is 0 Å². The van der Waals surface area contributed by atoms with Crippen molar-refractivity contribution in [3.05, 3.63) is 40.7 Å². The predicted molar refractivity (Wildman–Crippen MR) is 159 cm³/mol. The number of likely N-dealkylation sites (tertiary alicyclic amines) is 1. The fraction of sp³-hybridized carbons (Fsp3) is 0.594. The van der Waals surface area contributed by atoms with Gasteiger partial charge < -0.3 is 19.4 Å². The minimum atomic E-state index is -0.440. The zero-order valence-corrected chi connectivity index (χ0v) is 24.6. The first-order valence-corrected chi connectivity index (χ1v) is 15.1. The number of ether oxygens (including phenoxy) is 1. The number of carbonyl (C=O) groups is 2. The highest BCUT2D eigenvalue weighted by atomic mass is 16.5. The number of anilines is 1. The molecule has 1 unspecified atom stereocenters. The van der Waals surface area contributed by atoms with Crippen LogP contribution in [-0.4, -0.2) is 67.9 Å². The molecule has 1 atom stereocenters. The van der Waals surface area contributed by atoms with Gasteiger partial charge in [-0.3, -0.25) is 14.5 Å². The SMILES string of the molecule is CCc1c(N(CC)C2CCOCC2)cc2oc(CN3CCCCC3)cc2c1C(=O)NCC1C(=O)N=C(C)C=C1C. The number of aliphatic imine (C=N–C) groups is 1. The van der Waals surface area contributed by atoms with E-state index in [1.807, 2.05) is 19.9 Å². The second-order valence-corrected chi connectivity index (χ2v) is 11.4. The monoisotopic (exact) mass is 548 g/mol. The van der Waals surface area contributed by atoms with Crippen molar-refractivity contribution >= 4 is 34.2 Å². The van der Waals surface area contributed by atoms with Crippen LogP contribution in [0.15, 0.2) is 33.2 Å². The zero-order valence-electron chi connectivity index (χ0n) is 24.6. The van der Waals surface area contributed by atoms with Crippen molar-refractivity contribution in [2.45, 2.75) is 78.8 Å². The number of dihydropyridines is 1. The molecule has 2 amide bonds. The van der Waals surface area contributed by atoms with Gasteiger partial charge in [-0.05, 0) is 83.7 Å². The third kappa shape index (κ3) is 6.03. The first-order valence-electron chi connectivity index (χ1n) is 15.1. The molecule has 8 nitrogen and oxygen atoms in total. The van der Waals surface area contributed by atoms with Gasteiger partial charge in [0.2, 0.25) is 0 Å². The maximum absolute atomic E-state index is 14.0. The van der Waals surface area contributed by atoms with E-state index in [9.17, 15) is 9.59 Å². The van der Waals surface area contributed by atoms with Gasteiger partial charge in [-0.25, -0.2) is 4.99 Å². The van der Waals surface area contributed by atoms with Crippen LogP contribution >= 0.6 is 0 Å². The number of fused-ring (bicyclic) bond motifs is 1. The van der Waals surface area contributed by atoms with Gasteiger partial charge in [0.25, 0.3) is 11.8 Å². The Labute approximate surface area is 237 Å². The molecule has 4 heterocycles. The van der Waals surface area contributed by atoms with E-state index in [4.69, 9.17) is 9.15 Å². The third-order valence-corrected chi connectivity index (χ3v) is 8.69. The summed E-state index contributed by atoms with van der Waals surface area (Å²) in [6, 6.07) is 4.57. The number of furan rings is 1. The van der Waals surface area contributed by atoms with Crippen molar-refractivity contribution in [1.82, 2.24) is 10.2 Å². The summed E-state index contributed by atoms with van der Waals surface area (Å²) in [6.07, 6.45) is 8.27. The summed E-state index contributed by atoms with van der Waals surface area (Å²) in [7, 11) is 0. The van der Waals surface area contributed by atoms with E-state index in [-0.39, 0.29) is 18.4 Å². The van der Waals surface area contributed by atoms with Gasteiger partial charge in [0.1, 0.15) is 11.3 Å². The number of piperidine rings is 1. The minimum absolute atomic E-state index is 0.163. The summed E-state index contributed by atoms with van der Waals surface area (Å²) in [4.78, 5) is 35.7. The molecule has 3 aliphatic heterocycles. The van der Waals surface area contributed by atoms with Crippen LogP contribution in [0.5, 0.6) is 0 Å². The molecule has 1 aromatic heterocycles. The first kappa shape index (κ1) is 28.6. The number of hydrogen-bond donors (Lipinski definition) is 1. The van der Waals surface area contributed by atoms with Crippen LogP contribution in [0.4, 0.5) is 5.69 Å². The number of nitrogens with one attached hydrogen (secondary N) is 1. The molecule has 40 heavy (non-hydrogen) atoms. The summed E-state index contributed by atoms with van der Waals surface area (Å²) in [5, 5.41) is 3.96. The van der Waals surface area contributed by atoms with Crippen LogP contribution in [0, 0.1) is 5.92 Å². The molecule has 5 rings (SSSR count). The van der Waals surface area contributed by atoms with Crippen LogP contribution in [0.3, 0.4) is 0 Å². The number of hydrogen-bond acceptors (Lipinski definition) is 6. The van der Waals surface area contributed by atoms with E-state index in [2.05, 4.69) is 46.1 Å². The van der Waals surface area contributed by atoms with Gasteiger partial charge >= 0.3 is 0 Å². The standard InChI is InChI=1S/C32H44N4O4/c1-5-25-28(36(6-2)23-10-14-39-15-11-23)18-29-26(17-24(40-29)20-35-12-8-7-9-13-35)30(25)32(38)33-19-27-21(3)16-22(4)34-31(27)37/h16-18,23,27H,5-15,19-20H2,1-4H3,(H,33,38). The molecule has 0 saturated carbocycles. The van der Waals surface area contributed by atoms with Gasteiger partial charge in [0.15, 0.2) is 0 Å². The second kappa shape index (κ2) is 12.7. The Morgan fingerprint density at radius 2 is 1.88 bits per heavy atom. The third-order valence-electron chi connectivity index (χ3n) is 8.69. The van der Waals surface area contributed by atoms with Crippen molar-refractivity contribution in [2.24, 2.45) is 10.9 Å². The Morgan fingerprint density at radius 3 is 2.55 bits per heavy atom. The van der Waals surface area contributed by atoms with Crippen LogP contribution in [-0.2, 0) is 22.5 Å². The maximum atomic E-state index is 14.0. The molecule has 0 bridgehead atoms. The number of allylic oxidation sites excluding steroid dienone is 1. The number of amides is 2. The molecule has 0 aliphatic carbocycles. The summed E-state index contributed by atoms with van der Waals surface area (Å²) >= 11 is 0. The lowest BCUT2D eigenvalue weighted by atomic mass is 9.94. The van der Waals surface area contributed by atoms with E-state index in [1.165, 1.54) is 19.3 Å². The first-order chi connectivity index (χ1) is 19.4. The van der Waals surface area contributed by atoms with E-state index >= 15 is 0 Å². The lowest BCUT2D eigenvalue weighted by Crippen LogP contribution is -2.40. The number of benzene rings is 1. The number of carbonyl (C=O) groups excluding carboxylic acids is 2. The molecule has 0 spiro atoms. The zero-order chi connectivity index (χ0) is 28.2. The van der Waals surface area contributed by atoms with Crippen molar-refractivity contribution in [3.63, 3.8) is 0 Å². The second-order valence-electron chi connectivity index (χ2n) is 11.4. The Balaban J connectivity index is 1.52. The minimum Gasteiger partial charge on any atom is -0.460 e. The van der Waals surface area contributed by atoms with Gasteiger partial charge in [0, 0.05) is 55.2 Å². The summed E-state index contributed by atoms with van der Waals surface area (Å²) in [5.41, 5.74) is 5.15. The summed E-state index contributed by atoms with van der Waals surface area (Å²) < 4.78 is 12.1. The Morgan fingerprint density at radius 1 is 1.12 bits per heavy atom. The van der Waals surface area contributed by atoms with E-state index in [1.54, 1.807) is 0 Å². The molecule has 3 aliphatic rings. The van der Waals surface area contributed by atoms with Crippen molar-refractivity contribution < 1.29 is 18.7 Å². The molecule has 2 fully saturated rings. The van der Waals surface area contributed by atoms with Crippen LogP contribution < -0.4 is 10.2 Å². The lowest BCUT2D eigenvalue weighted by Gasteiger charge is -2.37. The highest BCUT2D eigenvalue weighted by molar-refractivity contribution is 6.10. The summed E-state index contributed by atoms with van der Waals surface area (Å²) in [5.74, 6) is 0.0928. The van der Waals surface area contributed by atoms with Gasteiger partial charge in [-0.2, -0.15) is 0 Å². The Hall–Kier alpha value is -2.97. The van der Waals surface area contributed by atoms with Crippen molar-refractivity contribution in [1.29, 1.82) is 0 Å². The average molecular weight is 549 g/mol. The van der Waals surface area contributed by atoms with Gasteiger partial charge in [-0.1, -0.05) is 18.9 Å². The average Bonchev–Trinajstić information content (AvgIpc) is 3.34. The molecule has 8 heteroatoms. The Kier molecular flexibility index (Phi) is 9.06. The highest BCUT2D eigenvalue weighted by Crippen LogP contribution is 2.37. The Bertz CT molecular complexity index is 1300. The van der Waals surface area contributed by atoms with E-state index < -0.39 is 5.92 Å². The van der Waals surface area contributed by atoms with Crippen LogP contribution in [0.2, 0.25) is 0 Å². The predicted octanol–water partition coefficient (Wildman–Crippen LogP) is 5.28. The lowest BCUT2D eigenvalue weighted by molar-refractivity contribution is -0.120. The van der Waals surface area contributed by atoms with Crippen molar-refractivity contribution in [3.8, 4) is 0 Å². The number of nitrogens with zero attached hydrogens (tertiary/aromatic N) is 3. The normalized spacial score (nSPS) is 20.9. The fourth-order valence-electron chi connectivity index (χ4n) is 6.61. The maximum Gasteiger partial charge on any atom is 0.254 e. The van der Waals surface area contributed by atoms with E-state index in [0.29, 0.717) is 23.7 Å².